The van der Waals surface area contributed by atoms with Gasteiger partial charge in [-0.2, -0.15) is 11.8 Å². The Kier molecular flexibility index (Phi) is 3.41. The van der Waals surface area contributed by atoms with E-state index >= 15 is 0 Å². The number of hydrogen-bond donors (Lipinski definition) is 1. The quantitative estimate of drug-likeness (QED) is 0.861. The maximum Gasteiger partial charge on any atom is 0.0440 e. The fourth-order valence-corrected chi connectivity index (χ4v) is 4.24. The average molecular weight is 248 g/mol. The van der Waals surface area contributed by atoms with Crippen molar-refractivity contribution in [2.24, 2.45) is 0 Å². The zero-order chi connectivity index (χ0) is 11.6. The van der Waals surface area contributed by atoms with Gasteiger partial charge in [-0.3, -0.25) is 4.90 Å². The lowest BCUT2D eigenvalue weighted by molar-refractivity contribution is 0.119. The van der Waals surface area contributed by atoms with Crippen molar-refractivity contribution in [3.05, 3.63) is 35.9 Å². The molecule has 2 nitrogen and oxygen atoms in total. The number of thioether (sulfide) groups is 1. The summed E-state index contributed by atoms with van der Waals surface area (Å²) in [6, 6.07) is 10.9. The van der Waals surface area contributed by atoms with Gasteiger partial charge in [0.05, 0.1) is 0 Å². The SMILES string of the molecule is c1ccc(CN2CCSCC23CCNC3)cc1. The molecule has 2 aliphatic rings. The van der Waals surface area contributed by atoms with E-state index < -0.39 is 0 Å². The number of rotatable bonds is 2. The first kappa shape index (κ1) is 11.6. The summed E-state index contributed by atoms with van der Waals surface area (Å²) in [6.45, 7) is 4.71. The topological polar surface area (TPSA) is 15.3 Å². The molecule has 1 aromatic carbocycles. The van der Waals surface area contributed by atoms with Gasteiger partial charge in [0.2, 0.25) is 0 Å². The van der Waals surface area contributed by atoms with Crippen molar-refractivity contribution in [1.82, 2.24) is 10.2 Å². The number of nitrogens with zero attached hydrogens (tertiary/aromatic N) is 1. The van der Waals surface area contributed by atoms with E-state index in [1.165, 1.54) is 43.1 Å². The lowest BCUT2D eigenvalue weighted by atomic mass is 9.97. The van der Waals surface area contributed by atoms with Gasteiger partial charge in [0.15, 0.2) is 0 Å². The van der Waals surface area contributed by atoms with E-state index in [1.807, 2.05) is 0 Å². The molecule has 2 aliphatic heterocycles. The van der Waals surface area contributed by atoms with Crippen LogP contribution < -0.4 is 5.32 Å². The molecule has 0 saturated carbocycles. The molecule has 0 amide bonds. The van der Waals surface area contributed by atoms with Crippen LogP contribution in [-0.4, -0.2) is 41.6 Å². The molecule has 2 heterocycles. The monoisotopic (exact) mass is 248 g/mol. The van der Waals surface area contributed by atoms with Crippen LogP contribution in [0.3, 0.4) is 0 Å². The smallest absolute Gasteiger partial charge is 0.0440 e. The molecule has 2 saturated heterocycles. The normalized spacial score (nSPS) is 29.9. The molecule has 0 aliphatic carbocycles. The van der Waals surface area contributed by atoms with Crippen molar-refractivity contribution >= 4 is 11.8 Å². The van der Waals surface area contributed by atoms with Gasteiger partial charge in [0, 0.05) is 36.7 Å². The maximum absolute atomic E-state index is 3.54. The minimum absolute atomic E-state index is 0.429. The lowest BCUT2D eigenvalue weighted by Gasteiger charge is -2.44. The molecule has 1 spiro atoms. The van der Waals surface area contributed by atoms with Crippen molar-refractivity contribution in [2.75, 3.05) is 31.1 Å². The first-order valence-electron chi connectivity index (χ1n) is 6.47. The average Bonchev–Trinajstić information content (AvgIpc) is 2.83. The second kappa shape index (κ2) is 5.01. The Bertz CT molecular complexity index is 360. The summed E-state index contributed by atoms with van der Waals surface area (Å²) in [4.78, 5) is 2.71. The number of nitrogens with one attached hydrogen (secondary N) is 1. The highest BCUT2D eigenvalue weighted by Crippen LogP contribution is 2.32. The molecule has 0 bridgehead atoms. The molecule has 1 aromatic rings. The zero-order valence-corrected chi connectivity index (χ0v) is 11.0. The first-order chi connectivity index (χ1) is 8.39. The van der Waals surface area contributed by atoms with Crippen molar-refractivity contribution in [1.29, 1.82) is 0 Å². The molecule has 92 valence electrons. The third-order valence-electron chi connectivity index (χ3n) is 3.98. The molecule has 3 heteroatoms. The van der Waals surface area contributed by atoms with Crippen molar-refractivity contribution in [3.8, 4) is 0 Å². The van der Waals surface area contributed by atoms with Crippen LogP contribution in [0, 0.1) is 0 Å². The van der Waals surface area contributed by atoms with E-state index in [0.717, 1.165) is 6.54 Å². The minimum Gasteiger partial charge on any atom is -0.315 e. The van der Waals surface area contributed by atoms with Crippen LogP contribution in [0.4, 0.5) is 0 Å². The third kappa shape index (κ3) is 2.37. The molecule has 2 fully saturated rings. The zero-order valence-electron chi connectivity index (χ0n) is 10.2. The molecule has 3 rings (SSSR count). The Morgan fingerprint density at radius 2 is 2.18 bits per heavy atom. The fourth-order valence-electron chi connectivity index (χ4n) is 2.94. The van der Waals surface area contributed by atoms with Crippen LogP contribution in [0.5, 0.6) is 0 Å². The molecular formula is C14H20N2S. The van der Waals surface area contributed by atoms with E-state index in [4.69, 9.17) is 0 Å². The van der Waals surface area contributed by atoms with Gasteiger partial charge < -0.3 is 5.32 Å². The van der Waals surface area contributed by atoms with Gasteiger partial charge >= 0.3 is 0 Å². The Balaban J connectivity index is 1.76. The highest BCUT2D eigenvalue weighted by atomic mass is 32.2. The van der Waals surface area contributed by atoms with Crippen molar-refractivity contribution in [3.63, 3.8) is 0 Å². The second-order valence-corrected chi connectivity index (χ2v) is 6.22. The summed E-state index contributed by atoms with van der Waals surface area (Å²) < 4.78 is 0. The molecule has 0 radical (unpaired) electrons. The summed E-state index contributed by atoms with van der Waals surface area (Å²) in [5.74, 6) is 2.58. The molecular weight excluding hydrogens is 228 g/mol. The van der Waals surface area contributed by atoms with Crippen LogP contribution in [0.2, 0.25) is 0 Å². The molecule has 1 atom stereocenters. The van der Waals surface area contributed by atoms with Crippen molar-refractivity contribution in [2.45, 2.75) is 18.5 Å². The molecule has 0 aromatic heterocycles. The first-order valence-corrected chi connectivity index (χ1v) is 7.62. The summed E-state index contributed by atoms with van der Waals surface area (Å²) in [6.07, 6.45) is 1.31. The van der Waals surface area contributed by atoms with Crippen LogP contribution in [0.15, 0.2) is 30.3 Å². The van der Waals surface area contributed by atoms with Crippen molar-refractivity contribution < 1.29 is 0 Å². The summed E-state index contributed by atoms with van der Waals surface area (Å²) in [5, 5.41) is 3.54. The Labute approximate surface area is 108 Å². The van der Waals surface area contributed by atoms with Crippen LogP contribution >= 0.6 is 11.8 Å². The van der Waals surface area contributed by atoms with Gasteiger partial charge in [0.25, 0.3) is 0 Å². The van der Waals surface area contributed by atoms with Gasteiger partial charge in [0.1, 0.15) is 0 Å². The van der Waals surface area contributed by atoms with E-state index in [0.29, 0.717) is 5.54 Å². The van der Waals surface area contributed by atoms with Gasteiger partial charge in [-0.25, -0.2) is 0 Å². The van der Waals surface area contributed by atoms with E-state index in [2.05, 4.69) is 52.3 Å². The standard InChI is InChI=1S/C14H20N2S/c1-2-4-13(5-3-1)10-16-8-9-17-12-14(16)6-7-15-11-14/h1-5,15H,6-12H2. The van der Waals surface area contributed by atoms with Gasteiger partial charge in [-0.05, 0) is 18.5 Å². The highest BCUT2D eigenvalue weighted by Gasteiger charge is 2.41. The molecule has 1 unspecified atom stereocenters. The number of benzene rings is 1. The van der Waals surface area contributed by atoms with E-state index in [9.17, 15) is 0 Å². The Morgan fingerprint density at radius 3 is 2.94 bits per heavy atom. The summed E-state index contributed by atoms with van der Waals surface area (Å²) in [7, 11) is 0. The Hall–Kier alpha value is -0.510. The lowest BCUT2D eigenvalue weighted by Crippen LogP contribution is -2.55. The Morgan fingerprint density at radius 1 is 1.29 bits per heavy atom. The third-order valence-corrected chi connectivity index (χ3v) is 5.20. The molecule has 1 N–H and O–H groups in total. The van der Waals surface area contributed by atoms with E-state index in [-0.39, 0.29) is 0 Å². The van der Waals surface area contributed by atoms with E-state index in [1.54, 1.807) is 0 Å². The highest BCUT2D eigenvalue weighted by molar-refractivity contribution is 7.99. The van der Waals surface area contributed by atoms with Crippen LogP contribution in [0.1, 0.15) is 12.0 Å². The van der Waals surface area contributed by atoms with Crippen LogP contribution in [0.25, 0.3) is 0 Å². The number of hydrogen-bond acceptors (Lipinski definition) is 3. The summed E-state index contributed by atoms with van der Waals surface area (Å²) >= 11 is 2.12. The molecule has 17 heavy (non-hydrogen) atoms. The predicted molar refractivity (Wildman–Crippen MR) is 74.4 cm³/mol. The second-order valence-electron chi connectivity index (χ2n) is 5.11. The largest absolute Gasteiger partial charge is 0.315 e. The fraction of sp³-hybridized carbons (Fsp3) is 0.571. The predicted octanol–water partition coefficient (Wildman–Crippen LogP) is 1.97. The minimum atomic E-state index is 0.429. The van der Waals surface area contributed by atoms with Gasteiger partial charge in [-0.1, -0.05) is 30.3 Å². The van der Waals surface area contributed by atoms with Crippen LogP contribution in [-0.2, 0) is 6.54 Å². The summed E-state index contributed by atoms with van der Waals surface area (Å²) in [5.41, 5.74) is 1.88. The van der Waals surface area contributed by atoms with Gasteiger partial charge in [-0.15, -0.1) is 0 Å². The maximum atomic E-state index is 3.54.